The zero-order valence-corrected chi connectivity index (χ0v) is 20.3. The minimum absolute atomic E-state index is 1.71. The first-order chi connectivity index (χ1) is 14.2. The van der Waals surface area contributed by atoms with Crippen LogP contribution in [0.3, 0.4) is 0 Å². The molecule has 0 atom stereocenters. The van der Waals surface area contributed by atoms with E-state index in [2.05, 4.69) is 0 Å². The van der Waals surface area contributed by atoms with Gasteiger partial charge in [0.25, 0.3) is 0 Å². The molecule has 5 aromatic heterocycles. The van der Waals surface area contributed by atoms with E-state index in [0.29, 0.717) is 0 Å². The van der Waals surface area contributed by atoms with Gasteiger partial charge in [0.1, 0.15) is 0 Å². The fourth-order valence-corrected chi connectivity index (χ4v) is 3.40. The van der Waals surface area contributed by atoms with Crippen LogP contribution in [0, 0.1) is 0 Å². The third kappa shape index (κ3) is 28.8. The first kappa shape index (κ1) is 27.5. The lowest BCUT2D eigenvalue weighted by atomic mass is 10.7. The predicted octanol–water partition coefficient (Wildman–Crippen LogP) is 8.37. The largest absolute Gasteiger partial charge is 0.692 e. The summed E-state index contributed by atoms with van der Waals surface area (Å²) >= 11 is 8.56. The van der Waals surface area contributed by atoms with Crippen molar-refractivity contribution in [3.05, 3.63) is 114 Å². The van der Waals surface area contributed by atoms with Crippen molar-refractivity contribution in [2.45, 2.75) is 0 Å². The van der Waals surface area contributed by atoms with Gasteiger partial charge in [-0.25, -0.2) is 0 Å². The maximum atomic E-state index is 8.70. The van der Waals surface area contributed by atoms with Crippen molar-refractivity contribution in [2.24, 2.45) is 0 Å². The average Bonchev–Trinajstić information content (AvgIpc) is 3.62. The molecular weight excluding hydrogens is 480 g/mol. The first-order valence-electron chi connectivity index (χ1n) is 7.94. The standard InChI is InChI=1S/5C4H4S.HO3P/c5*1-2-4-5-3-1;1-4(2)3/h5*1-4H;(H-,1,2,3)/p+1. The van der Waals surface area contributed by atoms with Crippen LogP contribution < -0.4 is 0 Å². The van der Waals surface area contributed by atoms with Crippen LogP contribution in [0.25, 0.3) is 0 Å². The summed E-state index contributed by atoms with van der Waals surface area (Å²) in [4.78, 5) is 14.2. The fraction of sp³-hybridized carbons (Fsp3) is 0. The Bertz CT molecular complexity index is 556. The van der Waals surface area contributed by atoms with Crippen LogP contribution in [0.1, 0.15) is 0 Å². The van der Waals surface area contributed by atoms with Crippen LogP contribution in [0.5, 0.6) is 0 Å². The van der Waals surface area contributed by atoms with E-state index in [0.717, 1.165) is 0 Å². The van der Waals surface area contributed by atoms with Crippen LogP contribution in [0.2, 0.25) is 0 Å². The van der Waals surface area contributed by atoms with Crippen LogP contribution >= 0.6 is 64.9 Å². The summed E-state index contributed by atoms with van der Waals surface area (Å²) in [5.41, 5.74) is 0. The molecule has 5 rings (SSSR count). The number of hydrogen-bond donors (Lipinski definition) is 2. The minimum atomic E-state index is -2.87. The molecule has 0 saturated carbocycles. The van der Waals surface area contributed by atoms with E-state index in [1.807, 2.05) is 114 Å². The van der Waals surface area contributed by atoms with Crippen LogP contribution in [0.15, 0.2) is 114 Å². The predicted molar refractivity (Wildman–Crippen MR) is 134 cm³/mol. The molecule has 0 aliphatic rings. The molecule has 0 amide bonds. The van der Waals surface area contributed by atoms with E-state index in [1.165, 1.54) is 0 Å². The Morgan fingerprint density at radius 2 is 0.483 bits per heavy atom. The molecule has 0 bridgehead atoms. The normalized spacial score (nSPS) is 7.79. The summed E-state index contributed by atoms with van der Waals surface area (Å²) in [7, 11) is -2.87. The molecule has 0 unspecified atom stereocenters. The summed E-state index contributed by atoms with van der Waals surface area (Å²) < 4.78 is 8.70. The van der Waals surface area contributed by atoms with Crippen molar-refractivity contribution < 1.29 is 14.4 Å². The zero-order chi connectivity index (χ0) is 21.3. The topological polar surface area (TPSA) is 57.5 Å². The Balaban J connectivity index is 0.000000325. The summed E-state index contributed by atoms with van der Waals surface area (Å²) in [6.45, 7) is 0. The Morgan fingerprint density at radius 3 is 0.517 bits per heavy atom. The van der Waals surface area contributed by atoms with Gasteiger partial charge >= 0.3 is 8.25 Å². The summed E-state index contributed by atoms with van der Waals surface area (Å²) in [5.74, 6) is 0. The molecule has 2 N–H and O–H groups in total. The van der Waals surface area contributed by atoms with Crippen molar-refractivity contribution in [3.63, 3.8) is 0 Å². The van der Waals surface area contributed by atoms with E-state index < -0.39 is 8.25 Å². The first-order valence-corrected chi connectivity index (χ1v) is 13.8. The van der Waals surface area contributed by atoms with Crippen molar-refractivity contribution in [1.82, 2.24) is 0 Å². The molecule has 0 radical (unpaired) electrons. The molecular formula is C20H22O3PS5+. The average molecular weight is 502 g/mol. The third-order valence-corrected chi connectivity index (χ3v) is 5.27. The second kappa shape index (κ2) is 24.6. The molecule has 3 nitrogen and oxygen atoms in total. The maximum absolute atomic E-state index is 8.70. The molecule has 0 aromatic carbocycles. The van der Waals surface area contributed by atoms with E-state index >= 15 is 0 Å². The number of thiophene rings is 5. The highest BCUT2D eigenvalue weighted by atomic mass is 32.1. The Labute approximate surface area is 192 Å². The summed E-state index contributed by atoms with van der Waals surface area (Å²) in [6.07, 6.45) is 0. The molecule has 9 heteroatoms. The van der Waals surface area contributed by atoms with Crippen LogP contribution in [-0.2, 0) is 4.57 Å². The summed E-state index contributed by atoms with van der Waals surface area (Å²) in [5, 5.41) is 20.4. The van der Waals surface area contributed by atoms with Gasteiger partial charge in [0.05, 0.1) is 0 Å². The molecule has 5 aromatic rings. The quantitative estimate of drug-likeness (QED) is 0.210. The van der Waals surface area contributed by atoms with Gasteiger partial charge in [-0.15, -0.1) is 9.79 Å². The lowest BCUT2D eigenvalue weighted by molar-refractivity contribution is 0.405. The van der Waals surface area contributed by atoms with Crippen molar-refractivity contribution in [2.75, 3.05) is 0 Å². The Kier molecular flexibility index (Phi) is 23.3. The van der Waals surface area contributed by atoms with Gasteiger partial charge in [-0.1, -0.05) is 60.7 Å². The molecule has 0 fully saturated rings. The van der Waals surface area contributed by atoms with E-state index in [4.69, 9.17) is 14.4 Å². The van der Waals surface area contributed by atoms with Crippen molar-refractivity contribution in [3.8, 4) is 0 Å². The molecule has 5 heterocycles. The second-order valence-electron chi connectivity index (χ2n) is 4.22. The third-order valence-electron chi connectivity index (χ3n) is 2.13. The highest BCUT2D eigenvalue weighted by Gasteiger charge is 1.93. The molecule has 0 aliphatic heterocycles. The molecule has 0 spiro atoms. The highest BCUT2D eigenvalue weighted by molar-refractivity contribution is 7.30. The van der Waals surface area contributed by atoms with Gasteiger partial charge in [0.15, 0.2) is 0 Å². The lowest BCUT2D eigenvalue weighted by Crippen LogP contribution is -1.38. The van der Waals surface area contributed by atoms with E-state index in [9.17, 15) is 0 Å². The molecule has 0 aliphatic carbocycles. The minimum Gasteiger partial charge on any atom is -0.152 e. The van der Waals surface area contributed by atoms with E-state index in [-0.39, 0.29) is 0 Å². The maximum Gasteiger partial charge on any atom is 0.692 e. The Hall–Kier alpha value is -1.48. The fourth-order valence-electron chi connectivity index (χ4n) is 1.13. The monoisotopic (exact) mass is 501 g/mol. The van der Waals surface area contributed by atoms with E-state index in [1.54, 1.807) is 56.7 Å². The van der Waals surface area contributed by atoms with Gasteiger partial charge in [-0.2, -0.15) is 56.7 Å². The van der Waals surface area contributed by atoms with Gasteiger partial charge in [-0.05, 0) is 53.8 Å². The van der Waals surface area contributed by atoms with Gasteiger partial charge in [-0.3, -0.25) is 0 Å². The second-order valence-corrected chi connectivity index (χ2v) is 8.81. The van der Waals surface area contributed by atoms with Crippen LogP contribution in [-0.4, -0.2) is 9.79 Å². The molecule has 0 saturated heterocycles. The number of rotatable bonds is 0. The molecule has 29 heavy (non-hydrogen) atoms. The summed E-state index contributed by atoms with van der Waals surface area (Å²) in [6, 6.07) is 20.2. The highest BCUT2D eigenvalue weighted by Crippen LogP contribution is 1.98. The van der Waals surface area contributed by atoms with Crippen molar-refractivity contribution >= 4 is 64.9 Å². The van der Waals surface area contributed by atoms with Crippen molar-refractivity contribution in [1.29, 1.82) is 0 Å². The lowest BCUT2D eigenvalue weighted by Gasteiger charge is -1.39. The van der Waals surface area contributed by atoms with Gasteiger partial charge < -0.3 is 0 Å². The van der Waals surface area contributed by atoms with Gasteiger partial charge in [0.2, 0.25) is 0 Å². The van der Waals surface area contributed by atoms with Gasteiger partial charge in [0, 0.05) is 4.57 Å². The SMILES string of the molecule is O=[P+](O)O.c1ccsc1.c1ccsc1.c1ccsc1.c1ccsc1.c1ccsc1. The molecule has 154 valence electrons. The van der Waals surface area contributed by atoms with Crippen LogP contribution in [0.4, 0.5) is 0 Å². The Morgan fingerprint density at radius 1 is 0.379 bits per heavy atom. The smallest absolute Gasteiger partial charge is 0.152 e. The zero-order valence-electron chi connectivity index (χ0n) is 15.3. The number of hydrogen-bond acceptors (Lipinski definition) is 6.